The largest absolute Gasteiger partial charge is 0.394 e. The SMILES string of the molecule is CNc1cccc(N2CCC(OCCO)CC2)n1. The number of anilines is 2. The number of aliphatic hydroxyl groups excluding tert-OH is 1. The Morgan fingerprint density at radius 1 is 1.44 bits per heavy atom. The first-order valence-corrected chi connectivity index (χ1v) is 6.45. The number of aliphatic hydroxyl groups is 1. The molecule has 2 heterocycles. The van der Waals surface area contributed by atoms with Gasteiger partial charge in [-0.05, 0) is 25.0 Å². The molecule has 1 saturated heterocycles. The van der Waals surface area contributed by atoms with Crippen molar-refractivity contribution in [2.75, 3.05) is 43.6 Å². The first kappa shape index (κ1) is 13.1. The number of hydrogen-bond acceptors (Lipinski definition) is 5. The average molecular weight is 251 g/mol. The summed E-state index contributed by atoms with van der Waals surface area (Å²) < 4.78 is 5.55. The van der Waals surface area contributed by atoms with Crippen LogP contribution in [0.5, 0.6) is 0 Å². The zero-order chi connectivity index (χ0) is 12.8. The molecule has 0 unspecified atom stereocenters. The molecule has 2 N–H and O–H groups in total. The molecule has 1 aliphatic heterocycles. The van der Waals surface area contributed by atoms with Crippen LogP contribution in [-0.2, 0) is 4.74 Å². The Morgan fingerprint density at radius 2 is 2.22 bits per heavy atom. The lowest BCUT2D eigenvalue weighted by Crippen LogP contribution is -2.37. The van der Waals surface area contributed by atoms with Crippen LogP contribution in [0, 0.1) is 0 Å². The Labute approximate surface area is 108 Å². The van der Waals surface area contributed by atoms with Gasteiger partial charge in [-0.15, -0.1) is 0 Å². The Morgan fingerprint density at radius 3 is 2.89 bits per heavy atom. The molecular weight excluding hydrogens is 230 g/mol. The molecule has 0 spiro atoms. The van der Waals surface area contributed by atoms with Crippen LogP contribution in [0.2, 0.25) is 0 Å². The predicted octanol–water partition coefficient (Wildman–Crippen LogP) is 1.10. The van der Waals surface area contributed by atoms with Crippen molar-refractivity contribution in [1.82, 2.24) is 4.98 Å². The summed E-state index contributed by atoms with van der Waals surface area (Å²) in [5.41, 5.74) is 0. The maximum Gasteiger partial charge on any atom is 0.130 e. The highest BCUT2D eigenvalue weighted by Gasteiger charge is 2.20. The van der Waals surface area contributed by atoms with Crippen LogP contribution in [-0.4, -0.2) is 49.5 Å². The Hall–Kier alpha value is -1.33. The van der Waals surface area contributed by atoms with Gasteiger partial charge in [0, 0.05) is 20.1 Å². The van der Waals surface area contributed by atoms with Crippen molar-refractivity contribution in [3.63, 3.8) is 0 Å². The van der Waals surface area contributed by atoms with Gasteiger partial charge in [0.15, 0.2) is 0 Å². The van der Waals surface area contributed by atoms with Crippen molar-refractivity contribution in [1.29, 1.82) is 0 Å². The number of pyridine rings is 1. The number of aromatic nitrogens is 1. The highest BCUT2D eigenvalue weighted by atomic mass is 16.5. The highest BCUT2D eigenvalue weighted by molar-refractivity contribution is 5.46. The van der Waals surface area contributed by atoms with Crippen LogP contribution in [0.1, 0.15) is 12.8 Å². The molecule has 5 heteroatoms. The summed E-state index contributed by atoms with van der Waals surface area (Å²) in [7, 11) is 1.88. The smallest absolute Gasteiger partial charge is 0.130 e. The predicted molar refractivity (Wildman–Crippen MR) is 72.1 cm³/mol. The van der Waals surface area contributed by atoms with Gasteiger partial charge in [0.1, 0.15) is 11.6 Å². The second kappa shape index (κ2) is 6.56. The summed E-state index contributed by atoms with van der Waals surface area (Å²) in [6.07, 6.45) is 2.26. The molecule has 1 aromatic heterocycles. The molecule has 2 rings (SSSR count). The summed E-state index contributed by atoms with van der Waals surface area (Å²) in [4.78, 5) is 6.81. The Kier molecular flexibility index (Phi) is 4.78. The van der Waals surface area contributed by atoms with E-state index in [1.165, 1.54) is 0 Å². The van der Waals surface area contributed by atoms with Gasteiger partial charge in [0.2, 0.25) is 0 Å². The Bertz CT molecular complexity index is 365. The topological polar surface area (TPSA) is 57.6 Å². The minimum atomic E-state index is 0.103. The molecule has 1 fully saturated rings. The lowest BCUT2D eigenvalue weighted by Gasteiger charge is -2.32. The van der Waals surface area contributed by atoms with E-state index < -0.39 is 0 Å². The third kappa shape index (κ3) is 3.34. The van der Waals surface area contributed by atoms with Gasteiger partial charge in [-0.1, -0.05) is 6.07 Å². The van der Waals surface area contributed by atoms with E-state index in [1.54, 1.807) is 0 Å². The second-order valence-corrected chi connectivity index (χ2v) is 4.41. The van der Waals surface area contributed by atoms with E-state index in [1.807, 2.05) is 25.2 Å². The van der Waals surface area contributed by atoms with Gasteiger partial charge in [0.25, 0.3) is 0 Å². The first-order chi connectivity index (χ1) is 8.83. The third-order valence-corrected chi connectivity index (χ3v) is 3.20. The van der Waals surface area contributed by atoms with E-state index in [9.17, 15) is 0 Å². The number of ether oxygens (including phenoxy) is 1. The van der Waals surface area contributed by atoms with Crippen molar-refractivity contribution >= 4 is 11.6 Å². The van der Waals surface area contributed by atoms with Crippen LogP contribution >= 0.6 is 0 Å². The number of hydrogen-bond donors (Lipinski definition) is 2. The molecule has 0 atom stereocenters. The Balaban J connectivity index is 1.88. The molecular formula is C13H21N3O2. The van der Waals surface area contributed by atoms with Crippen LogP contribution in [0.3, 0.4) is 0 Å². The number of piperidine rings is 1. The van der Waals surface area contributed by atoms with Gasteiger partial charge in [-0.2, -0.15) is 0 Å². The number of rotatable bonds is 5. The summed E-state index contributed by atoms with van der Waals surface area (Å²) in [6.45, 7) is 2.46. The van der Waals surface area contributed by atoms with Gasteiger partial charge < -0.3 is 20.1 Å². The van der Waals surface area contributed by atoms with Crippen molar-refractivity contribution in [3.8, 4) is 0 Å². The second-order valence-electron chi connectivity index (χ2n) is 4.41. The van der Waals surface area contributed by atoms with Crippen LogP contribution in [0.4, 0.5) is 11.6 Å². The molecule has 0 saturated carbocycles. The molecule has 0 aliphatic carbocycles. The normalized spacial score (nSPS) is 16.9. The lowest BCUT2D eigenvalue weighted by molar-refractivity contribution is 0.0158. The van der Waals surface area contributed by atoms with Crippen molar-refractivity contribution in [2.45, 2.75) is 18.9 Å². The fourth-order valence-electron chi connectivity index (χ4n) is 2.21. The fourth-order valence-corrected chi connectivity index (χ4v) is 2.21. The number of nitrogens with one attached hydrogen (secondary N) is 1. The van der Waals surface area contributed by atoms with Gasteiger partial charge in [-0.3, -0.25) is 0 Å². The summed E-state index contributed by atoms with van der Waals surface area (Å²) in [5, 5.41) is 11.8. The molecule has 0 aromatic carbocycles. The highest BCUT2D eigenvalue weighted by Crippen LogP contribution is 2.20. The molecule has 5 nitrogen and oxygen atoms in total. The maximum absolute atomic E-state index is 8.73. The fraction of sp³-hybridized carbons (Fsp3) is 0.615. The summed E-state index contributed by atoms with van der Waals surface area (Å²) >= 11 is 0. The molecule has 0 amide bonds. The van der Waals surface area contributed by atoms with E-state index in [0.29, 0.717) is 6.61 Å². The standard InChI is InChI=1S/C13H21N3O2/c1-14-12-3-2-4-13(15-12)16-7-5-11(6-8-16)18-10-9-17/h2-4,11,17H,5-10H2,1H3,(H,14,15). The zero-order valence-corrected chi connectivity index (χ0v) is 10.8. The van der Waals surface area contributed by atoms with Crippen molar-refractivity contribution in [3.05, 3.63) is 18.2 Å². The zero-order valence-electron chi connectivity index (χ0n) is 10.8. The molecule has 18 heavy (non-hydrogen) atoms. The summed E-state index contributed by atoms with van der Waals surface area (Å²) in [6, 6.07) is 6.01. The molecule has 1 aliphatic rings. The van der Waals surface area contributed by atoms with Gasteiger partial charge in [0.05, 0.1) is 19.3 Å². The van der Waals surface area contributed by atoms with Gasteiger partial charge in [-0.25, -0.2) is 4.98 Å². The quantitative estimate of drug-likeness (QED) is 0.820. The van der Waals surface area contributed by atoms with Crippen molar-refractivity contribution in [2.24, 2.45) is 0 Å². The van der Waals surface area contributed by atoms with Crippen LogP contribution in [0.15, 0.2) is 18.2 Å². The van der Waals surface area contributed by atoms with Gasteiger partial charge >= 0.3 is 0 Å². The monoisotopic (exact) mass is 251 g/mol. The van der Waals surface area contributed by atoms with Crippen molar-refractivity contribution < 1.29 is 9.84 Å². The van der Waals surface area contributed by atoms with E-state index in [-0.39, 0.29) is 12.7 Å². The third-order valence-electron chi connectivity index (χ3n) is 3.20. The average Bonchev–Trinajstić information content (AvgIpc) is 2.46. The minimum absolute atomic E-state index is 0.103. The summed E-state index contributed by atoms with van der Waals surface area (Å²) in [5.74, 6) is 1.91. The van der Waals surface area contributed by atoms with Crippen LogP contribution < -0.4 is 10.2 Å². The maximum atomic E-state index is 8.73. The van der Waals surface area contributed by atoms with E-state index in [0.717, 1.165) is 37.6 Å². The molecule has 1 aromatic rings. The molecule has 100 valence electrons. The number of nitrogens with zero attached hydrogens (tertiary/aromatic N) is 2. The van der Waals surface area contributed by atoms with Crippen LogP contribution in [0.25, 0.3) is 0 Å². The minimum Gasteiger partial charge on any atom is -0.394 e. The molecule has 0 radical (unpaired) electrons. The first-order valence-electron chi connectivity index (χ1n) is 6.45. The lowest BCUT2D eigenvalue weighted by atomic mass is 10.1. The van der Waals surface area contributed by atoms with E-state index in [2.05, 4.69) is 15.2 Å². The van der Waals surface area contributed by atoms with E-state index in [4.69, 9.17) is 9.84 Å². The molecule has 0 bridgehead atoms. The van der Waals surface area contributed by atoms with E-state index >= 15 is 0 Å².